The average molecular weight is 354 g/mol. The molecule has 0 spiro atoms. The van der Waals surface area contributed by atoms with E-state index in [0.29, 0.717) is 40.0 Å². The van der Waals surface area contributed by atoms with Crippen LogP contribution in [0.25, 0.3) is 10.9 Å². The number of rotatable bonds is 4. The maximum absolute atomic E-state index is 12.7. The van der Waals surface area contributed by atoms with E-state index in [4.69, 9.17) is 0 Å². The molecule has 136 valence electrons. The Morgan fingerprint density at radius 3 is 2.58 bits per heavy atom. The number of carbonyl (C=O) groups excluding carboxylic acids is 2. The Labute approximate surface area is 151 Å². The molecule has 0 bridgehead atoms. The molecular formula is C19H22N4O3. The molecule has 26 heavy (non-hydrogen) atoms. The standard InChI is InChI=1S/C19H22N4O3/c1-5-23-9-14-15(19(23)26)11(3)16(21-14)18(25)22-13-8-12(17(24)20-4)7-6-10(13)2/h6-9,21,26H,5H2,1-4H3,(H,20,24)(H,22,25). The molecule has 0 radical (unpaired) electrons. The van der Waals surface area contributed by atoms with Gasteiger partial charge in [0.15, 0.2) is 0 Å². The van der Waals surface area contributed by atoms with Gasteiger partial charge in [0.25, 0.3) is 11.8 Å². The minimum absolute atomic E-state index is 0.146. The zero-order valence-electron chi connectivity index (χ0n) is 15.2. The molecule has 0 aliphatic heterocycles. The number of benzene rings is 1. The maximum atomic E-state index is 12.7. The molecule has 0 saturated heterocycles. The second-order valence-electron chi connectivity index (χ2n) is 6.22. The van der Waals surface area contributed by atoms with Crippen molar-refractivity contribution in [2.75, 3.05) is 12.4 Å². The molecule has 2 amide bonds. The maximum Gasteiger partial charge on any atom is 0.272 e. The van der Waals surface area contributed by atoms with Crippen molar-refractivity contribution in [2.45, 2.75) is 27.3 Å². The number of aryl methyl sites for hydroxylation is 3. The predicted molar refractivity (Wildman–Crippen MR) is 101 cm³/mol. The lowest BCUT2D eigenvalue weighted by molar-refractivity contribution is 0.0961. The molecule has 3 rings (SSSR count). The fraction of sp³-hybridized carbons (Fsp3) is 0.263. The van der Waals surface area contributed by atoms with E-state index in [0.717, 1.165) is 5.56 Å². The highest BCUT2D eigenvalue weighted by atomic mass is 16.3. The van der Waals surface area contributed by atoms with Crippen molar-refractivity contribution in [1.29, 1.82) is 0 Å². The molecule has 3 aromatic rings. The highest BCUT2D eigenvalue weighted by molar-refractivity contribution is 6.09. The smallest absolute Gasteiger partial charge is 0.272 e. The molecule has 4 N–H and O–H groups in total. The van der Waals surface area contributed by atoms with Crippen LogP contribution in [0.3, 0.4) is 0 Å². The van der Waals surface area contributed by atoms with Gasteiger partial charge in [0.2, 0.25) is 5.88 Å². The van der Waals surface area contributed by atoms with E-state index in [1.165, 1.54) is 0 Å². The third-order valence-electron chi connectivity index (χ3n) is 4.60. The molecule has 1 aromatic carbocycles. The van der Waals surface area contributed by atoms with Gasteiger partial charge in [-0.05, 0) is 44.0 Å². The Morgan fingerprint density at radius 1 is 1.23 bits per heavy atom. The summed E-state index contributed by atoms with van der Waals surface area (Å²) in [6, 6.07) is 5.14. The highest BCUT2D eigenvalue weighted by Gasteiger charge is 2.20. The fourth-order valence-electron chi connectivity index (χ4n) is 3.06. The first-order valence-electron chi connectivity index (χ1n) is 8.41. The minimum atomic E-state index is -0.321. The highest BCUT2D eigenvalue weighted by Crippen LogP contribution is 2.32. The number of aromatic nitrogens is 2. The number of fused-ring (bicyclic) bond motifs is 1. The van der Waals surface area contributed by atoms with Crippen LogP contribution in [0.4, 0.5) is 5.69 Å². The molecule has 0 fully saturated rings. The van der Waals surface area contributed by atoms with Crippen molar-refractivity contribution in [3.05, 3.63) is 46.8 Å². The first-order valence-corrected chi connectivity index (χ1v) is 8.41. The second kappa shape index (κ2) is 6.59. The van der Waals surface area contributed by atoms with Crippen molar-refractivity contribution in [3.8, 4) is 5.88 Å². The Morgan fingerprint density at radius 2 is 1.96 bits per heavy atom. The molecule has 7 heteroatoms. The Kier molecular flexibility index (Phi) is 4.46. The molecule has 2 aromatic heterocycles. The van der Waals surface area contributed by atoms with Crippen molar-refractivity contribution >= 4 is 28.4 Å². The number of carbonyl (C=O) groups is 2. The number of amides is 2. The number of nitrogens with one attached hydrogen (secondary N) is 3. The van der Waals surface area contributed by atoms with E-state index in [9.17, 15) is 14.7 Å². The minimum Gasteiger partial charge on any atom is -0.494 e. The second-order valence-corrected chi connectivity index (χ2v) is 6.22. The lowest BCUT2D eigenvalue weighted by atomic mass is 10.1. The van der Waals surface area contributed by atoms with E-state index in [1.54, 1.807) is 42.9 Å². The van der Waals surface area contributed by atoms with Gasteiger partial charge in [-0.2, -0.15) is 0 Å². The number of hydrogen-bond donors (Lipinski definition) is 4. The first-order chi connectivity index (χ1) is 12.4. The quantitative estimate of drug-likeness (QED) is 0.580. The van der Waals surface area contributed by atoms with Gasteiger partial charge < -0.3 is 25.3 Å². The van der Waals surface area contributed by atoms with E-state index >= 15 is 0 Å². The number of H-pyrrole nitrogens is 1. The molecular weight excluding hydrogens is 332 g/mol. The summed E-state index contributed by atoms with van der Waals surface area (Å²) < 4.78 is 1.72. The van der Waals surface area contributed by atoms with Gasteiger partial charge in [0, 0.05) is 31.0 Å². The number of hydrogen-bond acceptors (Lipinski definition) is 3. The van der Waals surface area contributed by atoms with E-state index in [-0.39, 0.29) is 17.7 Å². The monoisotopic (exact) mass is 354 g/mol. The summed E-state index contributed by atoms with van der Waals surface area (Å²) in [5, 5.41) is 16.3. The number of anilines is 1. The Bertz CT molecular complexity index is 1010. The summed E-state index contributed by atoms with van der Waals surface area (Å²) in [6.07, 6.45) is 1.78. The van der Waals surface area contributed by atoms with Crippen LogP contribution in [0.1, 0.15) is 38.9 Å². The summed E-state index contributed by atoms with van der Waals surface area (Å²) in [4.78, 5) is 27.6. The van der Waals surface area contributed by atoms with Crippen LogP contribution in [0, 0.1) is 13.8 Å². The van der Waals surface area contributed by atoms with Crippen LogP contribution >= 0.6 is 0 Å². The Balaban J connectivity index is 1.95. The molecule has 2 heterocycles. The number of nitrogens with zero attached hydrogens (tertiary/aromatic N) is 1. The Hall–Kier alpha value is -3.22. The van der Waals surface area contributed by atoms with Gasteiger partial charge in [0.05, 0.1) is 10.9 Å². The summed E-state index contributed by atoms with van der Waals surface area (Å²) in [5.41, 5.74) is 3.67. The van der Waals surface area contributed by atoms with Crippen LogP contribution < -0.4 is 10.6 Å². The van der Waals surface area contributed by atoms with Gasteiger partial charge in [-0.1, -0.05) is 6.07 Å². The van der Waals surface area contributed by atoms with Gasteiger partial charge in [-0.3, -0.25) is 9.59 Å². The van der Waals surface area contributed by atoms with Crippen LogP contribution in [0.15, 0.2) is 24.4 Å². The van der Waals surface area contributed by atoms with E-state index < -0.39 is 0 Å². The summed E-state index contributed by atoms with van der Waals surface area (Å²) >= 11 is 0. The average Bonchev–Trinajstić information content (AvgIpc) is 3.12. The summed E-state index contributed by atoms with van der Waals surface area (Å²) in [5.74, 6) is -0.393. The van der Waals surface area contributed by atoms with Gasteiger partial charge in [-0.15, -0.1) is 0 Å². The van der Waals surface area contributed by atoms with Crippen molar-refractivity contribution < 1.29 is 14.7 Å². The third-order valence-corrected chi connectivity index (χ3v) is 4.60. The van der Waals surface area contributed by atoms with Gasteiger partial charge in [0.1, 0.15) is 5.69 Å². The largest absolute Gasteiger partial charge is 0.494 e. The lowest BCUT2D eigenvalue weighted by Gasteiger charge is -2.10. The molecule has 0 atom stereocenters. The molecule has 7 nitrogen and oxygen atoms in total. The van der Waals surface area contributed by atoms with E-state index in [1.807, 2.05) is 13.8 Å². The van der Waals surface area contributed by atoms with Gasteiger partial charge >= 0.3 is 0 Å². The molecule has 0 aliphatic rings. The zero-order chi connectivity index (χ0) is 19.0. The lowest BCUT2D eigenvalue weighted by Crippen LogP contribution is -2.19. The summed E-state index contributed by atoms with van der Waals surface area (Å²) in [6.45, 7) is 6.23. The topological polar surface area (TPSA) is 99.2 Å². The molecule has 0 aliphatic carbocycles. The molecule has 0 saturated carbocycles. The normalized spacial score (nSPS) is 10.9. The number of aromatic hydroxyl groups is 1. The third kappa shape index (κ3) is 2.81. The van der Waals surface area contributed by atoms with Crippen molar-refractivity contribution in [1.82, 2.24) is 14.9 Å². The van der Waals surface area contributed by atoms with Gasteiger partial charge in [-0.25, -0.2) is 0 Å². The van der Waals surface area contributed by atoms with Crippen molar-refractivity contribution in [2.24, 2.45) is 0 Å². The van der Waals surface area contributed by atoms with Crippen LogP contribution in [0.2, 0.25) is 0 Å². The SMILES string of the molecule is CCn1cc2[nH]c(C(=O)Nc3cc(C(=O)NC)ccc3C)c(C)c2c1O. The summed E-state index contributed by atoms with van der Waals surface area (Å²) in [7, 11) is 1.56. The zero-order valence-corrected chi connectivity index (χ0v) is 15.2. The predicted octanol–water partition coefficient (Wildman–Crippen LogP) is 2.92. The van der Waals surface area contributed by atoms with Crippen LogP contribution in [0.5, 0.6) is 5.88 Å². The fourth-order valence-corrected chi connectivity index (χ4v) is 3.06. The van der Waals surface area contributed by atoms with E-state index in [2.05, 4.69) is 15.6 Å². The molecule has 0 unspecified atom stereocenters. The van der Waals surface area contributed by atoms with Crippen LogP contribution in [-0.4, -0.2) is 33.5 Å². The first kappa shape index (κ1) is 17.6. The van der Waals surface area contributed by atoms with Crippen molar-refractivity contribution in [3.63, 3.8) is 0 Å². The number of aromatic amines is 1. The van der Waals surface area contributed by atoms with Crippen LogP contribution in [-0.2, 0) is 6.54 Å².